The van der Waals surface area contributed by atoms with Crippen molar-refractivity contribution in [1.29, 1.82) is 0 Å². The fourth-order valence-electron chi connectivity index (χ4n) is 2.28. The van der Waals surface area contributed by atoms with Crippen molar-refractivity contribution < 1.29 is 9.18 Å². The Hall–Kier alpha value is -3.02. The van der Waals surface area contributed by atoms with Crippen LogP contribution >= 0.6 is 0 Å². The number of hydrogen-bond donors (Lipinski definition) is 1. The number of pyridine rings is 1. The van der Waals surface area contributed by atoms with Gasteiger partial charge in [-0.05, 0) is 49.4 Å². The highest BCUT2D eigenvalue weighted by atomic mass is 19.1. The van der Waals surface area contributed by atoms with Crippen molar-refractivity contribution >= 4 is 5.91 Å². The lowest BCUT2D eigenvalue weighted by molar-refractivity contribution is 0.0996. The predicted octanol–water partition coefficient (Wildman–Crippen LogP) is 2.48. The Bertz CT molecular complexity index is 840. The summed E-state index contributed by atoms with van der Waals surface area (Å²) in [6.07, 6.45) is 1.51. The zero-order valence-corrected chi connectivity index (χ0v) is 11.8. The van der Waals surface area contributed by atoms with E-state index >= 15 is 0 Å². The van der Waals surface area contributed by atoms with Crippen LogP contribution in [0.4, 0.5) is 4.39 Å². The van der Waals surface area contributed by atoms with E-state index in [4.69, 9.17) is 5.73 Å². The highest BCUT2D eigenvalue weighted by molar-refractivity contribution is 5.97. The van der Waals surface area contributed by atoms with Gasteiger partial charge in [-0.25, -0.2) is 9.07 Å². The molecule has 2 heterocycles. The minimum absolute atomic E-state index is 0.172. The maximum atomic E-state index is 13.1. The molecule has 2 aromatic heterocycles. The lowest BCUT2D eigenvalue weighted by atomic mass is 10.1. The van der Waals surface area contributed by atoms with Crippen LogP contribution in [0, 0.1) is 12.7 Å². The topological polar surface area (TPSA) is 73.8 Å². The highest BCUT2D eigenvalue weighted by Crippen LogP contribution is 2.26. The van der Waals surface area contributed by atoms with Crippen molar-refractivity contribution in [3.63, 3.8) is 0 Å². The van der Waals surface area contributed by atoms with Crippen molar-refractivity contribution in [2.75, 3.05) is 0 Å². The lowest BCUT2D eigenvalue weighted by Crippen LogP contribution is -2.15. The number of benzene rings is 1. The van der Waals surface area contributed by atoms with Gasteiger partial charge in [0, 0.05) is 11.8 Å². The van der Waals surface area contributed by atoms with E-state index in [1.54, 1.807) is 28.9 Å². The van der Waals surface area contributed by atoms with Gasteiger partial charge in [-0.2, -0.15) is 5.10 Å². The van der Waals surface area contributed by atoms with Crippen LogP contribution in [0.3, 0.4) is 0 Å². The molecule has 5 nitrogen and oxygen atoms in total. The molecule has 3 aromatic rings. The summed E-state index contributed by atoms with van der Waals surface area (Å²) >= 11 is 0. The average Bonchev–Trinajstić information content (AvgIpc) is 2.90. The van der Waals surface area contributed by atoms with Crippen LogP contribution in [0.25, 0.3) is 16.9 Å². The Morgan fingerprint density at radius 2 is 1.95 bits per heavy atom. The molecular weight excluding hydrogens is 283 g/mol. The van der Waals surface area contributed by atoms with Crippen LogP contribution in [0.5, 0.6) is 0 Å². The van der Waals surface area contributed by atoms with Crippen LogP contribution in [0.1, 0.15) is 16.2 Å². The molecule has 3 rings (SSSR count). The minimum Gasteiger partial charge on any atom is -0.364 e. The molecule has 0 aliphatic rings. The first kappa shape index (κ1) is 13.9. The molecule has 0 fully saturated rings. The zero-order valence-electron chi connectivity index (χ0n) is 11.8. The second-order valence-corrected chi connectivity index (χ2v) is 4.82. The van der Waals surface area contributed by atoms with E-state index in [9.17, 15) is 9.18 Å². The van der Waals surface area contributed by atoms with Gasteiger partial charge in [0.2, 0.25) is 0 Å². The van der Waals surface area contributed by atoms with Gasteiger partial charge in [-0.1, -0.05) is 0 Å². The van der Waals surface area contributed by atoms with Gasteiger partial charge in [0.1, 0.15) is 11.5 Å². The second-order valence-electron chi connectivity index (χ2n) is 4.82. The van der Waals surface area contributed by atoms with Crippen LogP contribution in [-0.2, 0) is 0 Å². The van der Waals surface area contributed by atoms with Crippen molar-refractivity contribution in [2.45, 2.75) is 6.92 Å². The van der Waals surface area contributed by atoms with Crippen molar-refractivity contribution in [1.82, 2.24) is 14.8 Å². The van der Waals surface area contributed by atoms with E-state index in [0.29, 0.717) is 16.9 Å². The summed E-state index contributed by atoms with van der Waals surface area (Å²) in [6, 6.07) is 11.2. The largest absolute Gasteiger partial charge is 0.364 e. The van der Waals surface area contributed by atoms with E-state index in [2.05, 4.69) is 10.1 Å². The fourth-order valence-corrected chi connectivity index (χ4v) is 2.28. The van der Waals surface area contributed by atoms with Crippen molar-refractivity contribution in [3.8, 4) is 16.9 Å². The van der Waals surface area contributed by atoms with E-state index in [-0.39, 0.29) is 11.5 Å². The van der Waals surface area contributed by atoms with Gasteiger partial charge in [0.25, 0.3) is 5.91 Å². The molecular formula is C16H13FN4O. The molecule has 0 saturated heterocycles. The smallest absolute Gasteiger partial charge is 0.268 e. The van der Waals surface area contributed by atoms with Gasteiger partial charge in [0.05, 0.1) is 17.1 Å². The Morgan fingerprint density at radius 3 is 2.64 bits per heavy atom. The molecule has 110 valence electrons. The van der Waals surface area contributed by atoms with Gasteiger partial charge in [0.15, 0.2) is 0 Å². The normalized spacial score (nSPS) is 10.6. The summed E-state index contributed by atoms with van der Waals surface area (Å²) in [5.74, 6) is -0.937. The molecule has 0 aliphatic heterocycles. The standard InChI is InChI=1S/C16H13FN4O/c1-10-9-14(13-3-2-8-19-15(13)16(18)22)21(20-10)12-6-4-11(17)5-7-12/h2-9H,1H3,(H2,18,22). The first-order valence-corrected chi connectivity index (χ1v) is 6.64. The summed E-state index contributed by atoms with van der Waals surface area (Å²) in [6.45, 7) is 1.84. The predicted molar refractivity (Wildman–Crippen MR) is 80.0 cm³/mol. The summed E-state index contributed by atoms with van der Waals surface area (Å²) in [7, 11) is 0. The number of rotatable bonds is 3. The molecule has 0 atom stereocenters. The van der Waals surface area contributed by atoms with Crippen molar-refractivity contribution in [2.24, 2.45) is 5.73 Å². The minimum atomic E-state index is -0.611. The molecule has 0 saturated carbocycles. The van der Waals surface area contributed by atoms with Gasteiger partial charge >= 0.3 is 0 Å². The maximum Gasteiger partial charge on any atom is 0.268 e. The Balaban J connectivity index is 2.21. The molecule has 0 radical (unpaired) electrons. The number of carbonyl (C=O) groups is 1. The third-order valence-corrected chi connectivity index (χ3v) is 3.22. The van der Waals surface area contributed by atoms with E-state index in [1.165, 1.54) is 18.3 Å². The molecule has 22 heavy (non-hydrogen) atoms. The highest BCUT2D eigenvalue weighted by Gasteiger charge is 2.16. The molecule has 0 aliphatic carbocycles. The van der Waals surface area contributed by atoms with E-state index < -0.39 is 5.91 Å². The summed E-state index contributed by atoms with van der Waals surface area (Å²) < 4.78 is 14.7. The number of hydrogen-bond acceptors (Lipinski definition) is 3. The SMILES string of the molecule is Cc1cc(-c2cccnc2C(N)=O)n(-c2ccc(F)cc2)n1. The van der Waals surface area contributed by atoms with Crippen LogP contribution < -0.4 is 5.73 Å². The Labute approximate surface area is 126 Å². The number of amides is 1. The van der Waals surface area contributed by atoms with E-state index in [0.717, 1.165) is 5.69 Å². The first-order valence-electron chi connectivity index (χ1n) is 6.64. The third-order valence-electron chi connectivity index (χ3n) is 3.22. The second kappa shape index (κ2) is 5.40. The number of halogens is 1. The van der Waals surface area contributed by atoms with Crippen LogP contribution in [0.2, 0.25) is 0 Å². The Kier molecular flexibility index (Phi) is 3.42. The molecule has 6 heteroatoms. The third kappa shape index (κ3) is 2.46. The number of primary amides is 1. The Morgan fingerprint density at radius 1 is 1.23 bits per heavy atom. The van der Waals surface area contributed by atoms with Crippen molar-refractivity contribution in [3.05, 3.63) is 65.9 Å². The molecule has 0 unspecified atom stereocenters. The summed E-state index contributed by atoms with van der Waals surface area (Å²) in [5, 5.41) is 4.40. The first-order chi connectivity index (χ1) is 10.6. The zero-order chi connectivity index (χ0) is 15.7. The molecule has 1 aromatic carbocycles. The number of carbonyl (C=O) groups excluding carboxylic acids is 1. The number of nitrogens with zero attached hydrogens (tertiary/aromatic N) is 3. The fraction of sp³-hybridized carbons (Fsp3) is 0.0625. The van der Waals surface area contributed by atoms with E-state index in [1.807, 2.05) is 13.0 Å². The molecule has 0 bridgehead atoms. The summed E-state index contributed by atoms with van der Waals surface area (Å²) in [5.41, 5.74) is 8.26. The quantitative estimate of drug-likeness (QED) is 0.807. The molecule has 1 amide bonds. The maximum absolute atomic E-state index is 13.1. The van der Waals surface area contributed by atoms with Gasteiger partial charge in [-0.3, -0.25) is 9.78 Å². The summed E-state index contributed by atoms with van der Waals surface area (Å²) in [4.78, 5) is 15.6. The number of nitrogens with two attached hydrogens (primary N) is 1. The number of aryl methyl sites for hydroxylation is 1. The van der Waals surface area contributed by atoms with Gasteiger partial charge < -0.3 is 5.73 Å². The molecule has 0 spiro atoms. The van der Waals surface area contributed by atoms with Crippen LogP contribution in [0.15, 0.2) is 48.7 Å². The lowest BCUT2D eigenvalue weighted by Gasteiger charge is -2.09. The monoisotopic (exact) mass is 296 g/mol. The van der Waals surface area contributed by atoms with Gasteiger partial charge in [-0.15, -0.1) is 0 Å². The molecule has 2 N–H and O–H groups in total. The van der Waals surface area contributed by atoms with Crippen LogP contribution in [-0.4, -0.2) is 20.7 Å². The number of aromatic nitrogens is 3. The average molecular weight is 296 g/mol.